The minimum atomic E-state index is -0.694. The Hall–Kier alpha value is -0.420. The van der Waals surface area contributed by atoms with E-state index in [9.17, 15) is 4.79 Å². The third kappa shape index (κ3) is 5.00. The van der Waals surface area contributed by atoms with Crippen LogP contribution in [-0.4, -0.2) is 36.8 Å². The van der Waals surface area contributed by atoms with Crippen LogP contribution in [-0.2, 0) is 4.74 Å². The molecule has 1 fully saturated rings. The minimum absolute atomic E-state index is 0.374. The zero-order chi connectivity index (χ0) is 9.52. The average molecular weight is 204 g/mol. The van der Waals surface area contributed by atoms with Gasteiger partial charge in [0.25, 0.3) is 0 Å². The van der Waals surface area contributed by atoms with Gasteiger partial charge in [-0.2, -0.15) is 11.8 Å². The first kappa shape index (κ1) is 10.7. The molecule has 1 heterocycles. The van der Waals surface area contributed by atoms with Gasteiger partial charge in [-0.1, -0.05) is 0 Å². The van der Waals surface area contributed by atoms with Gasteiger partial charge in [-0.3, -0.25) is 0 Å². The van der Waals surface area contributed by atoms with Crippen LogP contribution >= 0.6 is 11.8 Å². The molecule has 3 N–H and O–H groups in total. The highest BCUT2D eigenvalue weighted by Crippen LogP contribution is 2.16. The highest BCUT2D eigenvalue weighted by atomic mass is 32.2. The van der Waals surface area contributed by atoms with E-state index in [4.69, 9.17) is 5.73 Å². The SMILES string of the molecule is NC(=O)OCCNC1CCSCC1. The molecule has 5 heteroatoms. The lowest BCUT2D eigenvalue weighted by Crippen LogP contribution is -2.35. The van der Waals surface area contributed by atoms with Gasteiger partial charge in [0.1, 0.15) is 6.61 Å². The van der Waals surface area contributed by atoms with Crippen LogP contribution in [0.1, 0.15) is 12.8 Å². The Balaban J connectivity index is 1.95. The Morgan fingerprint density at radius 2 is 2.23 bits per heavy atom. The number of hydrogen-bond acceptors (Lipinski definition) is 4. The molecule has 76 valence electrons. The minimum Gasteiger partial charge on any atom is -0.448 e. The molecular formula is C8H16N2O2S. The van der Waals surface area contributed by atoms with Crippen molar-refractivity contribution in [3.05, 3.63) is 0 Å². The maximum Gasteiger partial charge on any atom is 0.404 e. The fourth-order valence-electron chi connectivity index (χ4n) is 1.32. The van der Waals surface area contributed by atoms with Crippen LogP contribution in [0.5, 0.6) is 0 Å². The van der Waals surface area contributed by atoms with E-state index < -0.39 is 6.09 Å². The Labute approximate surface area is 82.6 Å². The average Bonchev–Trinajstić information content (AvgIpc) is 2.14. The summed E-state index contributed by atoms with van der Waals surface area (Å²) in [5.74, 6) is 2.46. The lowest BCUT2D eigenvalue weighted by atomic mass is 10.1. The van der Waals surface area contributed by atoms with E-state index in [0.29, 0.717) is 19.2 Å². The first-order valence-electron chi connectivity index (χ1n) is 4.52. The summed E-state index contributed by atoms with van der Waals surface area (Å²) in [5, 5.41) is 3.33. The lowest BCUT2D eigenvalue weighted by Gasteiger charge is -2.22. The van der Waals surface area contributed by atoms with Crippen molar-refractivity contribution in [2.45, 2.75) is 18.9 Å². The highest BCUT2D eigenvalue weighted by molar-refractivity contribution is 7.99. The molecule has 1 aliphatic rings. The fourth-order valence-corrected chi connectivity index (χ4v) is 2.42. The summed E-state index contributed by atoms with van der Waals surface area (Å²) in [4.78, 5) is 10.2. The monoisotopic (exact) mass is 204 g/mol. The van der Waals surface area contributed by atoms with Crippen molar-refractivity contribution in [1.82, 2.24) is 5.32 Å². The van der Waals surface area contributed by atoms with E-state index in [0.717, 1.165) is 0 Å². The molecule has 0 aromatic rings. The highest BCUT2D eigenvalue weighted by Gasteiger charge is 2.12. The normalized spacial score (nSPS) is 18.5. The molecule has 0 atom stereocenters. The van der Waals surface area contributed by atoms with Gasteiger partial charge in [0, 0.05) is 12.6 Å². The summed E-state index contributed by atoms with van der Waals surface area (Å²) in [6, 6.07) is 0.595. The van der Waals surface area contributed by atoms with Gasteiger partial charge in [-0.25, -0.2) is 4.79 Å². The van der Waals surface area contributed by atoms with Crippen LogP contribution in [0.2, 0.25) is 0 Å². The quantitative estimate of drug-likeness (QED) is 0.657. The Morgan fingerprint density at radius 3 is 2.85 bits per heavy atom. The van der Waals surface area contributed by atoms with Gasteiger partial charge >= 0.3 is 6.09 Å². The molecule has 1 rings (SSSR count). The second-order valence-corrected chi connectivity index (χ2v) is 4.23. The van der Waals surface area contributed by atoms with E-state index in [-0.39, 0.29) is 0 Å². The smallest absolute Gasteiger partial charge is 0.404 e. The number of hydrogen-bond donors (Lipinski definition) is 2. The summed E-state index contributed by atoms with van der Waals surface area (Å²) < 4.78 is 4.60. The standard InChI is InChI=1S/C8H16N2O2S/c9-8(11)12-4-3-10-7-1-5-13-6-2-7/h7,10H,1-6H2,(H2,9,11). The maximum absolute atomic E-state index is 10.2. The van der Waals surface area contributed by atoms with Gasteiger partial charge in [-0.05, 0) is 24.3 Å². The van der Waals surface area contributed by atoms with Crippen LogP contribution in [0.15, 0.2) is 0 Å². The van der Waals surface area contributed by atoms with Gasteiger partial charge in [0.2, 0.25) is 0 Å². The van der Waals surface area contributed by atoms with Gasteiger partial charge in [0.15, 0.2) is 0 Å². The van der Waals surface area contributed by atoms with Gasteiger partial charge in [0.05, 0.1) is 0 Å². The fraction of sp³-hybridized carbons (Fsp3) is 0.875. The van der Waals surface area contributed by atoms with E-state index in [1.54, 1.807) is 0 Å². The van der Waals surface area contributed by atoms with Crippen LogP contribution in [0, 0.1) is 0 Å². The topological polar surface area (TPSA) is 64.4 Å². The molecule has 1 aliphatic heterocycles. The summed E-state index contributed by atoms with van der Waals surface area (Å²) >= 11 is 2.00. The van der Waals surface area contributed by atoms with Gasteiger partial charge in [-0.15, -0.1) is 0 Å². The number of amides is 1. The molecule has 0 radical (unpaired) electrons. The Morgan fingerprint density at radius 1 is 1.54 bits per heavy atom. The van der Waals surface area contributed by atoms with Crippen molar-refractivity contribution in [2.24, 2.45) is 5.73 Å². The van der Waals surface area contributed by atoms with Crippen molar-refractivity contribution in [3.8, 4) is 0 Å². The molecule has 1 amide bonds. The van der Waals surface area contributed by atoms with E-state index in [1.165, 1.54) is 24.3 Å². The van der Waals surface area contributed by atoms with Crippen molar-refractivity contribution in [3.63, 3.8) is 0 Å². The lowest BCUT2D eigenvalue weighted by molar-refractivity contribution is 0.156. The second-order valence-electron chi connectivity index (χ2n) is 3.01. The predicted octanol–water partition coefficient (Wildman–Crippen LogP) is 0.567. The van der Waals surface area contributed by atoms with E-state index in [1.807, 2.05) is 11.8 Å². The van der Waals surface area contributed by atoms with Crippen LogP contribution in [0.4, 0.5) is 4.79 Å². The molecule has 0 spiro atoms. The predicted molar refractivity (Wildman–Crippen MR) is 53.9 cm³/mol. The van der Waals surface area contributed by atoms with Crippen molar-refractivity contribution in [2.75, 3.05) is 24.7 Å². The van der Waals surface area contributed by atoms with Gasteiger partial charge < -0.3 is 15.8 Å². The number of primary amides is 1. The number of nitrogens with one attached hydrogen (secondary N) is 1. The van der Waals surface area contributed by atoms with E-state index in [2.05, 4.69) is 10.1 Å². The molecule has 0 unspecified atom stereocenters. The first-order valence-corrected chi connectivity index (χ1v) is 5.68. The molecule has 4 nitrogen and oxygen atoms in total. The maximum atomic E-state index is 10.2. The van der Waals surface area contributed by atoms with Crippen LogP contribution in [0.25, 0.3) is 0 Å². The molecule has 13 heavy (non-hydrogen) atoms. The number of carbonyl (C=O) groups is 1. The molecular weight excluding hydrogens is 188 g/mol. The number of thioether (sulfide) groups is 1. The van der Waals surface area contributed by atoms with Crippen molar-refractivity contribution >= 4 is 17.9 Å². The van der Waals surface area contributed by atoms with Crippen LogP contribution in [0.3, 0.4) is 0 Å². The summed E-state index contributed by atoms with van der Waals surface area (Å²) in [5.41, 5.74) is 4.82. The number of rotatable bonds is 4. The molecule has 0 saturated carbocycles. The summed E-state index contributed by atoms with van der Waals surface area (Å²) in [7, 11) is 0. The molecule has 0 aliphatic carbocycles. The largest absolute Gasteiger partial charge is 0.448 e. The zero-order valence-corrected chi connectivity index (χ0v) is 8.44. The molecule has 0 aromatic heterocycles. The number of nitrogens with two attached hydrogens (primary N) is 1. The number of carbonyl (C=O) groups excluding carboxylic acids is 1. The van der Waals surface area contributed by atoms with E-state index >= 15 is 0 Å². The molecule has 0 bridgehead atoms. The van der Waals surface area contributed by atoms with Crippen LogP contribution < -0.4 is 11.1 Å². The molecule has 0 aromatic carbocycles. The van der Waals surface area contributed by atoms with Crippen molar-refractivity contribution < 1.29 is 9.53 Å². The Kier molecular flexibility index (Phi) is 5.00. The summed E-state index contributed by atoms with van der Waals surface area (Å²) in [6.45, 7) is 1.08. The Bertz CT molecular complexity index is 160. The second kappa shape index (κ2) is 6.10. The third-order valence-electron chi connectivity index (χ3n) is 2.00. The third-order valence-corrected chi connectivity index (χ3v) is 3.05. The summed E-state index contributed by atoms with van der Waals surface area (Å²) in [6.07, 6.45) is 1.73. The first-order chi connectivity index (χ1) is 6.29. The molecule has 1 saturated heterocycles. The number of ether oxygens (including phenoxy) is 1. The zero-order valence-electron chi connectivity index (χ0n) is 7.62. The van der Waals surface area contributed by atoms with Crippen molar-refractivity contribution in [1.29, 1.82) is 0 Å².